The van der Waals surface area contributed by atoms with Gasteiger partial charge in [0.05, 0.1) is 42.7 Å². The SMILES string of the molecule is CC(=O)OCC1O[C@@H](O[C@H]2C(COC(C)=O)O[C@@H](O[C@@H]3C(C)[C@H](C(C)C)OC(COC(C)=O)[C@@H]3C)C(C)[C@H]2O[C@H]2OC(C)[C@@H](OC(C)=O)[C@@H](OC(C)=O)C2OC(C)=O)C(O[C@@H]2OC(C)[C@H](C)C(OC(C)=O)[C@@H]2OC(C)=O)[C@@H](C)[C@H]1C. The zero-order valence-electron chi connectivity index (χ0n) is 49.3. The average Bonchev–Trinajstić information content (AvgIpc) is 3.34. The highest BCUT2D eigenvalue weighted by molar-refractivity contribution is 5.69. The van der Waals surface area contributed by atoms with Crippen molar-refractivity contribution in [1.29, 1.82) is 0 Å². The van der Waals surface area contributed by atoms with Crippen LogP contribution in [-0.2, 0) is 119 Å². The molecule has 0 bridgehead atoms. The molecule has 5 aliphatic rings. The fourth-order valence-electron chi connectivity index (χ4n) is 11.2. The molecular formula is C55H86O25. The van der Waals surface area contributed by atoms with Crippen molar-refractivity contribution in [3.63, 3.8) is 0 Å². The molecule has 5 heterocycles. The van der Waals surface area contributed by atoms with Crippen molar-refractivity contribution in [3.8, 4) is 0 Å². The number of carbonyl (C=O) groups is 8. The van der Waals surface area contributed by atoms with Gasteiger partial charge in [0, 0.05) is 79.1 Å². The third-order valence-electron chi connectivity index (χ3n) is 15.5. The lowest BCUT2D eigenvalue weighted by Gasteiger charge is -2.53. The van der Waals surface area contributed by atoms with Crippen molar-refractivity contribution in [2.24, 2.45) is 41.4 Å². The first-order valence-corrected chi connectivity index (χ1v) is 27.6. The molecule has 25 nitrogen and oxygen atoms in total. The van der Waals surface area contributed by atoms with Crippen molar-refractivity contribution in [2.45, 2.75) is 241 Å². The summed E-state index contributed by atoms with van der Waals surface area (Å²) in [6.45, 7) is 27.1. The van der Waals surface area contributed by atoms with E-state index in [4.69, 9.17) is 80.5 Å². The van der Waals surface area contributed by atoms with E-state index in [9.17, 15) is 38.4 Å². The standard InChI is InChI=1S/C55H86O25/c1-22(2)42-27(7)43(26(6)40(74-42)20-65-32(12)57)77-52-28(8)45(78-55-51(73-38(18)63)49(71-36(16)61)47(30(10)68-55)70-35(15)60)48(41(76-52)21-66-33(13)58)80-53-46(24(4)23(3)39(75-53)19-64-31(11)56)79-54-50(72-37(17)62)44(69-34(14)59)25(5)29(9)67-54/h22-30,39-55H,19-21H2,1-18H3/t23-,24+,25+,26+,27?,28?,29?,30?,39?,40?,41?,42+,43+,44?,45-,46?,47-,48+,49-,50+,51?,52+,53+,54+,55-/m1/s1. The molecule has 5 rings (SSSR count). The lowest BCUT2D eigenvalue weighted by atomic mass is 9.79. The second-order valence-corrected chi connectivity index (χ2v) is 22.2. The van der Waals surface area contributed by atoms with Crippen LogP contribution in [0.2, 0.25) is 0 Å². The largest absolute Gasteiger partial charge is 0.463 e. The van der Waals surface area contributed by atoms with Gasteiger partial charge >= 0.3 is 47.8 Å². The van der Waals surface area contributed by atoms with Gasteiger partial charge in [0.2, 0.25) is 0 Å². The van der Waals surface area contributed by atoms with Gasteiger partial charge in [-0.2, -0.15) is 0 Å². The van der Waals surface area contributed by atoms with Crippen LogP contribution in [0.15, 0.2) is 0 Å². The van der Waals surface area contributed by atoms with E-state index in [0.717, 1.165) is 20.8 Å². The summed E-state index contributed by atoms with van der Waals surface area (Å²) in [7, 11) is 0. The van der Waals surface area contributed by atoms with E-state index in [1.165, 1.54) is 34.6 Å². The Balaban J connectivity index is 1.70. The Morgan fingerprint density at radius 3 is 1.20 bits per heavy atom. The molecule has 0 aliphatic carbocycles. The second kappa shape index (κ2) is 29.1. The molecule has 0 aromatic carbocycles. The fraction of sp³-hybridized carbons (Fsp3) is 0.855. The van der Waals surface area contributed by atoms with Gasteiger partial charge in [-0.05, 0) is 31.6 Å². The van der Waals surface area contributed by atoms with E-state index in [1.54, 1.807) is 27.7 Å². The molecule has 5 aliphatic heterocycles. The van der Waals surface area contributed by atoms with Crippen LogP contribution in [0.3, 0.4) is 0 Å². The Kier molecular flexibility index (Phi) is 24.1. The molecule has 25 heteroatoms. The van der Waals surface area contributed by atoms with Crippen LogP contribution in [0.5, 0.6) is 0 Å². The molecule has 0 saturated carbocycles. The minimum Gasteiger partial charge on any atom is -0.463 e. The van der Waals surface area contributed by atoms with Gasteiger partial charge in [-0.15, -0.1) is 0 Å². The van der Waals surface area contributed by atoms with Gasteiger partial charge in [0.1, 0.15) is 44.2 Å². The normalized spacial score (nSPS) is 40.1. The maximum Gasteiger partial charge on any atom is 0.303 e. The van der Waals surface area contributed by atoms with Gasteiger partial charge in [-0.25, -0.2) is 0 Å². The van der Waals surface area contributed by atoms with E-state index < -0.39 is 195 Å². The minimum atomic E-state index is -1.63. The molecule has 80 heavy (non-hydrogen) atoms. The van der Waals surface area contributed by atoms with Crippen molar-refractivity contribution >= 4 is 47.8 Å². The van der Waals surface area contributed by atoms with Crippen LogP contribution in [0.25, 0.3) is 0 Å². The first-order valence-electron chi connectivity index (χ1n) is 27.6. The summed E-state index contributed by atoms with van der Waals surface area (Å²) in [5.74, 6) is -8.69. The predicted octanol–water partition coefficient (Wildman–Crippen LogP) is 4.05. The number of carbonyl (C=O) groups excluding carboxylic acids is 8. The van der Waals surface area contributed by atoms with Crippen LogP contribution < -0.4 is 0 Å². The summed E-state index contributed by atoms with van der Waals surface area (Å²) < 4.78 is 107. The maximum absolute atomic E-state index is 13.0. The molecule has 456 valence electrons. The lowest BCUT2D eigenvalue weighted by Crippen LogP contribution is -2.66. The summed E-state index contributed by atoms with van der Waals surface area (Å²) in [5, 5.41) is 0. The van der Waals surface area contributed by atoms with Gasteiger partial charge in [0.15, 0.2) is 49.6 Å². The van der Waals surface area contributed by atoms with Crippen LogP contribution in [0.1, 0.15) is 125 Å². The summed E-state index contributed by atoms with van der Waals surface area (Å²) >= 11 is 0. The number of esters is 8. The highest BCUT2D eigenvalue weighted by atomic mass is 16.8. The van der Waals surface area contributed by atoms with Crippen LogP contribution in [0.4, 0.5) is 0 Å². The van der Waals surface area contributed by atoms with Crippen molar-refractivity contribution in [3.05, 3.63) is 0 Å². The van der Waals surface area contributed by atoms with Crippen molar-refractivity contribution in [2.75, 3.05) is 19.8 Å². The molecule has 0 spiro atoms. The molecule has 10 unspecified atom stereocenters. The highest BCUT2D eigenvalue weighted by Crippen LogP contribution is 2.44. The van der Waals surface area contributed by atoms with Crippen LogP contribution >= 0.6 is 0 Å². The molecule has 25 atom stereocenters. The number of ether oxygens (including phenoxy) is 17. The molecule has 0 N–H and O–H groups in total. The molecule has 5 fully saturated rings. The zero-order chi connectivity index (χ0) is 59.8. The molecule has 5 saturated heterocycles. The minimum absolute atomic E-state index is 0.0220. The molecule has 0 aromatic heterocycles. The summed E-state index contributed by atoms with van der Waals surface area (Å²) in [5.41, 5.74) is 0. The average molecular weight is 1150 g/mol. The molecular weight excluding hydrogens is 1060 g/mol. The second-order valence-electron chi connectivity index (χ2n) is 22.2. The quantitative estimate of drug-likeness (QED) is 0.123. The molecule has 0 amide bonds. The summed E-state index contributed by atoms with van der Waals surface area (Å²) in [6, 6.07) is 0. The van der Waals surface area contributed by atoms with E-state index >= 15 is 0 Å². The van der Waals surface area contributed by atoms with Gasteiger partial charge in [-0.3, -0.25) is 38.4 Å². The molecule has 0 radical (unpaired) electrons. The number of hydrogen-bond acceptors (Lipinski definition) is 25. The van der Waals surface area contributed by atoms with E-state index in [2.05, 4.69) is 0 Å². The molecule has 0 aromatic rings. The topological polar surface area (TPSA) is 293 Å². The monoisotopic (exact) mass is 1150 g/mol. The Bertz CT molecular complexity index is 2140. The van der Waals surface area contributed by atoms with E-state index in [1.807, 2.05) is 41.5 Å². The Morgan fingerprint density at radius 1 is 0.312 bits per heavy atom. The van der Waals surface area contributed by atoms with Crippen molar-refractivity contribution in [1.82, 2.24) is 0 Å². The highest BCUT2D eigenvalue weighted by Gasteiger charge is 2.58. The van der Waals surface area contributed by atoms with E-state index in [-0.39, 0.29) is 31.2 Å². The lowest BCUT2D eigenvalue weighted by molar-refractivity contribution is -0.393. The third kappa shape index (κ3) is 17.0. The Labute approximate surface area is 468 Å². The smallest absolute Gasteiger partial charge is 0.303 e. The van der Waals surface area contributed by atoms with E-state index in [0.29, 0.717) is 0 Å². The van der Waals surface area contributed by atoms with Gasteiger partial charge in [-0.1, -0.05) is 55.4 Å². The maximum atomic E-state index is 13.0. The Hall–Kier alpha value is -4.60. The number of hydrogen-bond donors (Lipinski definition) is 0. The fourth-order valence-corrected chi connectivity index (χ4v) is 11.2. The van der Waals surface area contributed by atoms with Gasteiger partial charge in [0.25, 0.3) is 0 Å². The van der Waals surface area contributed by atoms with Crippen molar-refractivity contribution < 1.29 is 119 Å². The van der Waals surface area contributed by atoms with Crippen LogP contribution in [0, 0.1) is 41.4 Å². The Morgan fingerprint density at radius 2 is 0.700 bits per heavy atom. The zero-order valence-corrected chi connectivity index (χ0v) is 49.3. The van der Waals surface area contributed by atoms with Gasteiger partial charge < -0.3 is 80.5 Å². The first-order chi connectivity index (χ1) is 37.4. The summed E-state index contributed by atoms with van der Waals surface area (Å²) in [6.07, 6.45) is -21.9. The predicted molar refractivity (Wildman–Crippen MR) is 272 cm³/mol. The van der Waals surface area contributed by atoms with Crippen LogP contribution in [-0.4, -0.2) is 184 Å². The first kappa shape index (κ1) is 66.2. The third-order valence-corrected chi connectivity index (χ3v) is 15.5. The summed E-state index contributed by atoms with van der Waals surface area (Å²) in [4.78, 5) is 101. The number of rotatable bonds is 20.